The van der Waals surface area contributed by atoms with Gasteiger partial charge >= 0.3 is 0 Å². The third-order valence-electron chi connectivity index (χ3n) is 6.93. The number of benzene rings is 3. The zero-order valence-electron chi connectivity index (χ0n) is 20.3. The van der Waals surface area contributed by atoms with E-state index >= 15 is 0 Å². The number of amides is 1. The van der Waals surface area contributed by atoms with Crippen molar-refractivity contribution in [2.24, 2.45) is 0 Å². The van der Waals surface area contributed by atoms with Gasteiger partial charge in [0, 0.05) is 37.5 Å². The number of anilines is 1. The number of hydrogen-bond acceptors (Lipinski definition) is 5. The third-order valence-corrected chi connectivity index (χ3v) is 6.93. The lowest BCUT2D eigenvalue weighted by Gasteiger charge is -2.40. The fourth-order valence-electron chi connectivity index (χ4n) is 5.11. The van der Waals surface area contributed by atoms with E-state index < -0.39 is 0 Å². The lowest BCUT2D eigenvalue weighted by molar-refractivity contribution is -0.132. The van der Waals surface area contributed by atoms with Crippen LogP contribution < -0.4 is 4.90 Å². The van der Waals surface area contributed by atoms with Crippen molar-refractivity contribution >= 4 is 28.4 Å². The summed E-state index contributed by atoms with van der Waals surface area (Å²) in [5.74, 6) is 1.86. The van der Waals surface area contributed by atoms with Gasteiger partial charge in [-0.3, -0.25) is 4.79 Å². The Morgan fingerprint density at radius 2 is 1.56 bits per heavy atom. The molecule has 1 atom stereocenters. The number of carbonyl (C=O) groups excluding carboxylic acids is 1. The molecule has 180 valence electrons. The van der Waals surface area contributed by atoms with Crippen LogP contribution in [0.4, 0.5) is 5.95 Å². The summed E-state index contributed by atoms with van der Waals surface area (Å²) < 4.78 is 2.10. The Morgan fingerprint density at radius 3 is 2.31 bits per heavy atom. The molecule has 1 aliphatic rings. The fourth-order valence-corrected chi connectivity index (χ4v) is 5.11. The van der Waals surface area contributed by atoms with Crippen LogP contribution in [-0.4, -0.2) is 56.1 Å². The highest BCUT2D eigenvalue weighted by molar-refractivity contribution is 5.92. The summed E-state index contributed by atoms with van der Waals surface area (Å²) in [7, 11) is 0. The zero-order valence-corrected chi connectivity index (χ0v) is 20.3. The van der Waals surface area contributed by atoms with Crippen molar-refractivity contribution in [2.75, 3.05) is 24.5 Å². The number of para-hydroxylation sites is 1. The van der Waals surface area contributed by atoms with E-state index in [1.54, 1.807) is 0 Å². The Kier molecular flexibility index (Phi) is 5.81. The average Bonchev–Trinajstić information content (AvgIpc) is 3.33. The minimum Gasteiger partial charge on any atom is -0.338 e. The second-order valence-electron chi connectivity index (χ2n) is 9.41. The fraction of sp³-hybridized carbons (Fsp3) is 0.241. The molecule has 1 unspecified atom stereocenters. The molecule has 5 aromatic rings. The smallest absolute Gasteiger partial charge is 0.227 e. The molecule has 1 amide bonds. The molecule has 0 aliphatic carbocycles. The van der Waals surface area contributed by atoms with Gasteiger partial charge in [-0.05, 0) is 30.2 Å². The molecule has 1 aliphatic heterocycles. The third kappa shape index (κ3) is 4.17. The number of aromatic nitrogens is 4. The Bertz CT molecular complexity index is 1510. The summed E-state index contributed by atoms with van der Waals surface area (Å²) in [4.78, 5) is 22.4. The van der Waals surface area contributed by atoms with E-state index in [1.807, 2.05) is 77.7 Å². The minimum atomic E-state index is 0.0623. The van der Waals surface area contributed by atoms with Crippen LogP contribution in [0, 0.1) is 0 Å². The molecule has 0 N–H and O–H groups in total. The highest BCUT2D eigenvalue weighted by atomic mass is 16.2. The predicted molar refractivity (Wildman–Crippen MR) is 141 cm³/mol. The van der Waals surface area contributed by atoms with Gasteiger partial charge in [-0.1, -0.05) is 72.8 Å². The lowest BCUT2D eigenvalue weighted by atomic mass is 10.1. The predicted octanol–water partition coefficient (Wildman–Crippen LogP) is 4.15. The minimum absolute atomic E-state index is 0.0623. The summed E-state index contributed by atoms with van der Waals surface area (Å²) in [6, 6.07) is 28.4. The maximum atomic E-state index is 13.1. The number of nitrogens with zero attached hydrogens (tertiary/aromatic N) is 6. The van der Waals surface area contributed by atoms with Gasteiger partial charge in [0.15, 0.2) is 5.65 Å². The van der Waals surface area contributed by atoms with Crippen molar-refractivity contribution in [1.82, 2.24) is 24.5 Å². The van der Waals surface area contributed by atoms with Crippen LogP contribution in [0.3, 0.4) is 0 Å². The highest BCUT2D eigenvalue weighted by Crippen LogP contribution is 2.27. The summed E-state index contributed by atoms with van der Waals surface area (Å²) in [6.45, 7) is 4.17. The summed E-state index contributed by atoms with van der Waals surface area (Å²) in [6.07, 6.45) is 1.09. The monoisotopic (exact) mass is 476 g/mol. The van der Waals surface area contributed by atoms with Gasteiger partial charge in [-0.15, -0.1) is 10.2 Å². The van der Waals surface area contributed by atoms with E-state index in [2.05, 4.69) is 38.6 Å². The van der Waals surface area contributed by atoms with Crippen LogP contribution in [0.2, 0.25) is 0 Å². The Morgan fingerprint density at radius 1 is 0.861 bits per heavy atom. The Balaban J connectivity index is 1.33. The first-order chi connectivity index (χ1) is 17.7. The highest BCUT2D eigenvalue weighted by Gasteiger charge is 2.30. The van der Waals surface area contributed by atoms with Crippen LogP contribution in [0.1, 0.15) is 23.9 Å². The molecule has 0 bridgehead atoms. The molecule has 1 saturated heterocycles. The Hall–Kier alpha value is -4.26. The molecule has 3 heterocycles. The molecule has 6 rings (SSSR count). The number of piperazine rings is 1. The van der Waals surface area contributed by atoms with Crippen molar-refractivity contribution in [3.8, 4) is 0 Å². The Labute approximate surface area is 210 Å². The van der Waals surface area contributed by atoms with Crippen LogP contribution in [0.5, 0.6) is 0 Å². The van der Waals surface area contributed by atoms with Gasteiger partial charge in [-0.2, -0.15) is 0 Å². The molecule has 0 radical (unpaired) electrons. The van der Waals surface area contributed by atoms with Crippen molar-refractivity contribution in [3.63, 3.8) is 0 Å². The second-order valence-corrected chi connectivity index (χ2v) is 9.41. The molecular weight excluding hydrogens is 448 g/mol. The maximum absolute atomic E-state index is 13.1. The first-order valence-corrected chi connectivity index (χ1v) is 12.4. The molecule has 2 aromatic heterocycles. The zero-order chi connectivity index (χ0) is 24.5. The van der Waals surface area contributed by atoms with Gasteiger partial charge in [0.2, 0.25) is 11.9 Å². The van der Waals surface area contributed by atoms with Gasteiger partial charge in [0.1, 0.15) is 5.82 Å². The average molecular weight is 477 g/mol. The molecule has 0 saturated carbocycles. The van der Waals surface area contributed by atoms with E-state index in [0.717, 1.165) is 33.9 Å². The summed E-state index contributed by atoms with van der Waals surface area (Å²) in [5.41, 5.74) is 3.94. The summed E-state index contributed by atoms with van der Waals surface area (Å²) in [5, 5.41) is 10.2. The molecule has 3 aromatic carbocycles. The first kappa shape index (κ1) is 22.2. The topological polar surface area (TPSA) is 66.6 Å². The van der Waals surface area contributed by atoms with E-state index in [-0.39, 0.29) is 11.9 Å². The van der Waals surface area contributed by atoms with Crippen molar-refractivity contribution in [3.05, 3.63) is 102 Å². The van der Waals surface area contributed by atoms with Crippen LogP contribution in [0.15, 0.2) is 84.9 Å². The van der Waals surface area contributed by atoms with Gasteiger partial charge < -0.3 is 9.80 Å². The molecular formula is C29H28N6O. The normalized spacial score (nSPS) is 16.1. The molecule has 7 heteroatoms. The lowest BCUT2D eigenvalue weighted by Crippen LogP contribution is -2.55. The number of rotatable bonds is 5. The van der Waals surface area contributed by atoms with E-state index in [1.165, 1.54) is 5.56 Å². The second kappa shape index (κ2) is 9.41. The van der Waals surface area contributed by atoms with Crippen molar-refractivity contribution in [1.29, 1.82) is 0 Å². The molecule has 0 spiro atoms. The van der Waals surface area contributed by atoms with E-state index in [4.69, 9.17) is 4.98 Å². The number of hydrogen-bond donors (Lipinski definition) is 0. The SMILES string of the molecule is CC1CN(c2nc3ccccc3c3nnc(Cc4ccccc4)n23)CCN1C(=O)Cc1ccccc1. The molecule has 1 fully saturated rings. The van der Waals surface area contributed by atoms with Crippen molar-refractivity contribution < 1.29 is 4.79 Å². The quantitative estimate of drug-likeness (QED) is 0.381. The van der Waals surface area contributed by atoms with Gasteiger partial charge in [0.05, 0.1) is 11.9 Å². The van der Waals surface area contributed by atoms with E-state index in [9.17, 15) is 4.79 Å². The van der Waals surface area contributed by atoms with Crippen LogP contribution in [0.25, 0.3) is 16.6 Å². The molecule has 7 nitrogen and oxygen atoms in total. The molecule has 36 heavy (non-hydrogen) atoms. The standard InChI is InChI=1S/C29H28N6O/c1-21-20-33(16-17-34(21)27(36)19-23-12-6-3-7-13-23)29-30-25-15-9-8-14-24(25)28-32-31-26(35(28)29)18-22-10-4-2-5-11-22/h2-15,21H,16-20H2,1H3. The van der Waals surface area contributed by atoms with Crippen LogP contribution in [-0.2, 0) is 17.6 Å². The maximum Gasteiger partial charge on any atom is 0.227 e. The van der Waals surface area contributed by atoms with Crippen LogP contribution >= 0.6 is 0 Å². The van der Waals surface area contributed by atoms with Gasteiger partial charge in [-0.25, -0.2) is 9.38 Å². The summed E-state index contributed by atoms with van der Waals surface area (Å²) >= 11 is 0. The first-order valence-electron chi connectivity index (χ1n) is 12.4. The van der Waals surface area contributed by atoms with Crippen molar-refractivity contribution in [2.45, 2.75) is 25.8 Å². The number of fused-ring (bicyclic) bond motifs is 3. The largest absolute Gasteiger partial charge is 0.338 e. The van der Waals surface area contributed by atoms with E-state index in [0.29, 0.717) is 32.5 Å². The number of carbonyl (C=O) groups is 1. The van der Waals surface area contributed by atoms with Gasteiger partial charge in [0.25, 0.3) is 0 Å².